The summed E-state index contributed by atoms with van der Waals surface area (Å²) in [5.74, 6) is 0.267. The topological polar surface area (TPSA) is 62.1 Å². The van der Waals surface area contributed by atoms with Gasteiger partial charge in [-0.15, -0.1) is 0 Å². The van der Waals surface area contributed by atoms with Crippen molar-refractivity contribution < 1.29 is 9.53 Å². The quantitative estimate of drug-likeness (QED) is 0.399. The third-order valence-corrected chi connectivity index (χ3v) is 4.23. The van der Waals surface area contributed by atoms with E-state index in [0.29, 0.717) is 17.3 Å². The molecule has 0 aromatic heterocycles. The summed E-state index contributed by atoms with van der Waals surface area (Å²) in [6, 6.07) is 14.3. The monoisotopic (exact) mass is 452 g/mol. The molecule has 0 unspecified atom stereocenters. The van der Waals surface area contributed by atoms with Crippen LogP contribution in [0.5, 0.6) is 5.75 Å². The van der Waals surface area contributed by atoms with Crippen LogP contribution in [0, 0.1) is 14.9 Å². The minimum absolute atomic E-state index is 0.00474. The number of amides is 1. The molecule has 2 aromatic rings. The van der Waals surface area contributed by atoms with Gasteiger partial charge in [0.1, 0.15) is 17.4 Å². The Balaban J connectivity index is 2.23. The zero-order chi connectivity index (χ0) is 17.5. The number of benzene rings is 2. The van der Waals surface area contributed by atoms with Gasteiger partial charge in [0.05, 0.1) is 20.9 Å². The van der Waals surface area contributed by atoms with Gasteiger partial charge in [-0.2, -0.15) is 5.26 Å². The van der Waals surface area contributed by atoms with Crippen molar-refractivity contribution in [1.29, 1.82) is 5.26 Å². The van der Waals surface area contributed by atoms with Crippen LogP contribution in [0.1, 0.15) is 12.5 Å². The maximum Gasteiger partial charge on any atom is 0.266 e. The molecule has 0 aliphatic carbocycles. The number of halogens is 2. The Bertz CT molecular complexity index is 828. The lowest BCUT2D eigenvalue weighted by atomic mass is 10.1. The number of carbonyl (C=O) groups is 1. The van der Waals surface area contributed by atoms with Crippen LogP contribution in [0.4, 0.5) is 5.69 Å². The van der Waals surface area contributed by atoms with Gasteiger partial charge in [0.25, 0.3) is 5.91 Å². The van der Waals surface area contributed by atoms with Crippen molar-refractivity contribution in [1.82, 2.24) is 0 Å². The molecule has 0 spiro atoms. The molecule has 24 heavy (non-hydrogen) atoms. The van der Waals surface area contributed by atoms with E-state index in [4.69, 9.17) is 16.3 Å². The first-order chi connectivity index (χ1) is 11.5. The number of nitriles is 1. The Labute approximate surface area is 159 Å². The van der Waals surface area contributed by atoms with E-state index in [2.05, 4.69) is 27.9 Å². The zero-order valence-corrected chi connectivity index (χ0v) is 15.8. The third-order valence-electron chi connectivity index (χ3n) is 3.05. The minimum Gasteiger partial charge on any atom is -0.493 e. The summed E-state index contributed by atoms with van der Waals surface area (Å²) in [5.41, 5.74) is 1.20. The normalized spacial score (nSPS) is 10.8. The Morgan fingerprint density at radius 1 is 1.38 bits per heavy atom. The molecule has 0 atom stereocenters. The van der Waals surface area contributed by atoms with Crippen LogP contribution in [-0.4, -0.2) is 12.5 Å². The fourth-order valence-corrected chi connectivity index (χ4v) is 2.82. The smallest absolute Gasteiger partial charge is 0.266 e. The molecule has 0 saturated carbocycles. The number of anilines is 1. The van der Waals surface area contributed by atoms with Crippen molar-refractivity contribution in [2.45, 2.75) is 6.92 Å². The fourth-order valence-electron chi connectivity index (χ4n) is 1.95. The van der Waals surface area contributed by atoms with Gasteiger partial charge in [-0.05, 0) is 65.4 Å². The van der Waals surface area contributed by atoms with E-state index < -0.39 is 5.91 Å². The number of carbonyl (C=O) groups excluding carboxylic acids is 1. The maximum absolute atomic E-state index is 12.3. The molecule has 0 heterocycles. The van der Waals surface area contributed by atoms with Gasteiger partial charge in [-0.3, -0.25) is 4.79 Å². The molecule has 6 heteroatoms. The molecule has 1 N–H and O–H groups in total. The highest BCUT2D eigenvalue weighted by molar-refractivity contribution is 14.1. The van der Waals surface area contributed by atoms with Crippen LogP contribution in [0.25, 0.3) is 6.08 Å². The van der Waals surface area contributed by atoms with Gasteiger partial charge in [0.15, 0.2) is 0 Å². The van der Waals surface area contributed by atoms with Gasteiger partial charge >= 0.3 is 0 Å². The van der Waals surface area contributed by atoms with E-state index in [0.717, 1.165) is 14.9 Å². The van der Waals surface area contributed by atoms with Gasteiger partial charge in [0, 0.05) is 0 Å². The summed E-state index contributed by atoms with van der Waals surface area (Å²) in [7, 11) is 0. The van der Waals surface area contributed by atoms with Gasteiger partial charge < -0.3 is 10.1 Å². The third kappa shape index (κ3) is 4.73. The average molecular weight is 453 g/mol. The number of nitrogens with zero attached hydrogens (tertiary/aromatic N) is 1. The van der Waals surface area contributed by atoms with Crippen molar-refractivity contribution in [2.75, 3.05) is 11.9 Å². The molecule has 2 rings (SSSR count). The molecule has 1 amide bonds. The van der Waals surface area contributed by atoms with Crippen molar-refractivity contribution in [3.63, 3.8) is 0 Å². The summed E-state index contributed by atoms with van der Waals surface area (Å²) >= 11 is 8.17. The zero-order valence-electron chi connectivity index (χ0n) is 12.8. The minimum atomic E-state index is -0.505. The molecule has 2 aromatic carbocycles. The second-order valence-corrected chi connectivity index (χ2v) is 6.30. The fraction of sp³-hybridized carbons (Fsp3) is 0.111. The number of hydrogen-bond donors (Lipinski definition) is 1. The number of nitrogens with one attached hydrogen (secondary N) is 1. The molecular formula is C18H14ClIN2O2. The largest absolute Gasteiger partial charge is 0.493 e. The molecule has 0 fully saturated rings. The molecule has 0 bridgehead atoms. The summed E-state index contributed by atoms with van der Waals surface area (Å²) in [6.45, 7) is 2.49. The first kappa shape index (κ1) is 18.3. The molecule has 0 aliphatic rings. The summed E-state index contributed by atoms with van der Waals surface area (Å²) in [4.78, 5) is 12.3. The number of para-hydroxylation sites is 1. The highest BCUT2D eigenvalue weighted by Crippen LogP contribution is 2.24. The van der Waals surface area contributed by atoms with Crippen molar-refractivity contribution in [2.24, 2.45) is 0 Å². The molecular weight excluding hydrogens is 439 g/mol. The summed E-state index contributed by atoms with van der Waals surface area (Å²) in [5, 5.41) is 12.3. The van der Waals surface area contributed by atoms with E-state index in [1.807, 2.05) is 25.1 Å². The van der Waals surface area contributed by atoms with Crippen molar-refractivity contribution in [3.8, 4) is 11.8 Å². The number of rotatable bonds is 5. The van der Waals surface area contributed by atoms with Crippen LogP contribution in [0.15, 0.2) is 48.0 Å². The predicted octanol–water partition coefficient (Wildman–Crippen LogP) is 4.89. The number of hydrogen-bond acceptors (Lipinski definition) is 3. The number of ether oxygens (including phenoxy) is 1. The van der Waals surface area contributed by atoms with E-state index in [1.165, 1.54) is 6.08 Å². The van der Waals surface area contributed by atoms with Gasteiger partial charge in [-0.1, -0.05) is 29.8 Å². The van der Waals surface area contributed by atoms with E-state index in [-0.39, 0.29) is 5.57 Å². The summed E-state index contributed by atoms with van der Waals surface area (Å²) in [6.07, 6.45) is 1.53. The van der Waals surface area contributed by atoms with Crippen LogP contribution < -0.4 is 10.1 Å². The molecule has 4 nitrogen and oxygen atoms in total. The molecule has 0 radical (unpaired) electrons. The molecule has 122 valence electrons. The van der Waals surface area contributed by atoms with Crippen LogP contribution in [0.2, 0.25) is 5.02 Å². The Morgan fingerprint density at radius 3 is 2.75 bits per heavy atom. The van der Waals surface area contributed by atoms with E-state index in [9.17, 15) is 10.1 Å². The Hall–Kier alpha value is -2.04. The lowest BCUT2D eigenvalue weighted by Gasteiger charge is -2.07. The lowest BCUT2D eigenvalue weighted by Crippen LogP contribution is -2.13. The Kier molecular flexibility index (Phi) is 6.64. The van der Waals surface area contributed by atoms with Crippen molar-refractivity contribution >= 4 is 51.9 Å². The standard InChI is InChI=1S/C18H14ClIN2O2/c1-2-24-17-8-7-12(10-15(17)20)9-13(11-21)18(23)22-16-6-4-3-5-14(16)19/h3-10H,2H2,1H3,(H,22,23)/b13-9+. The molecule has 0 saturated heterocycles. The van der Waals surface area contributed by atoms with E-state index in [1.54, 1.807) is 30.3 Å². The molecule has 0 aliphatic heterocycles. The Morgan fingerprint density at radius 2 is 2.12 bits per heavy atom. The first-order valence-corrected chi connectivity index (χ1v) is 8.61. The predicted molar refractivity (Wildman–Crippen MR) is 104 cm³/mol. The van der Waals surface area contributed by atoms with Crippen LogP contribution >= 0.6 is 34.2 Å². The van der Waals surface area contributed by atoms with E-state index >= 15 is 0 Å². The van der Waals surface area contributed by atoms with Crippen LogP contribution in [-0.2, 0) is 4.79 Å². The SMILES string of the molecule is CCOc1ccc(/C=C(\C#N)C(=O)Nc2ccccc2Cl)cc1I. The average Bonchev–Trinajstić information content (AvgIpc) is 2.57. The van der Waals surface area contributed by atoms with Crippen molar-refractivity contribution in [3.05, 3.63) is 62.2 Å². The summed E-state index contributed by atoms with van der Waals surface area (Å²) < 4.78 is 6.38. The highest BCUT2D eigenvalue weighted by Gasteiger charge is 2.11. The highest BCUT2D eigenvalue weighted by atomic mass is 127. The second-order valence-electron chi connectivity index (χ2n) is 4.73. The van der Waals surface area contributed by atoms with Crippen LogP contribution in [0.3, 0.4) is 0 Å². The lowest BCUT2D eigenvalue weighted by molar-refractivity contribution is -0.112. The first-order valence-electron chi connectivity index (χ1n) is 7.15. The van der Waals surface area contributed by atoms with Gasteiger partial charge in [-0.25, -0.2) is 0 Å². The maximum atomic E-state index is 12.3. The van der Waals surface area contributed by atoms with Gasteiger partial charge in [0.2, 0.25) is 0 Å². The second kappa shape index (κ2) is 8.71.